The molecule has 0 saturated carbocycles. The minimum Gasteiger partial charge on any atom is -0.497 e. The molecular formula is C29H34Cl2N2O3S. The number of ether oxygens (including phenoxy) is 1. The molecule has 0 amide bonds. The molecule has 2 heterocycles. The Bertz CT molecular complexity index is 1210. The Morgan fingerprint density at radius 3 is 2.86 bits per heavy atom. The summed E-state index contributed by atoms with van der Waals surface area (Å²) in [4.78, 5) is 19.6. The predicted octanol–water partition coefficient (Wildman–Crippen LogP) is 7.47. The minimum atomic E-state index is -0.699. The number of fused-ring (bicyclic) bond motifs is 1. The highest BCUT2D eigenvalue weighted by atomic mass is 35.5. The maximum atomic E-state index is 11.6. The zero-order valence-electron chi connectivity index (χ0n) is 21.2. The molecule has 1 aliphatic heterocycles. The minimum absolute atomic E-state index is 0.190. The van der Waals surface area contributed by atoms with Crippen molar-refractivity contribution in [3.63, 3.8) is 0 Å². The third-order valence-corrected chi connectivity index (χ3v) is 9.34. The quantitative estimate of drug-likeness (QED) is 0.183. The van der Waals surface area contributed by atoms with Crippen LogP contribution >= 0.6 is 35.0 Å². The van der Waals surface area contributed by atoms with Gasteiger partial charge in [0.2, 0.25) is 0 Å². The number of hydrogen-bond acceptors (Lipinski definition) is 5. The first-order chi connectivity index (χ1) is 17.9. The molecule has 4 rings (SSSR count). The van der Waals surface area contributed by atoms with Gasteiger partial charge in [-0.15, -0.1) is 11.8 Å². The van der Waals surface area contributed by atoms with E-state index in [0.717, 1.165) is 79.0 Å². The number of carboxylic acids is 1. The van der Waals surface area contributed by atoms with Crippen molar-refractivity contribution in [3.05, 3.63) is 64.3 Å². The van der Waals surface area contributed by atoms with Crippen LogP contribution in [-0.4, -0.2) is 53.5 Å². The summed E-state index contributed by atoms with van der Waals surface area (Å²) >= 11 is 14.1. The number of methoxy groups -OCH3 is 1. The van der Waals surface area contributed by atoms with Crippen LogP contribution in [0.4, 0.5) is 0 Å². The first-order valence-electron chi connectivity index (χ1n) is 12.9. The molecule has 0 bridgehead atoms. The number of carboxylic acid groups (broad SMARTS) is 1. The van der Waals surface area contributed by atoms with Crippen molar-refractivity contribution >= 4 is 51.8 Å². The summed E-state index contributed by atoms with van der Waals surface area (Å²) in [5.74, 6) is 1.72. The molecule has 1 saturated heterocycles. The average molecular weight is 562 g/mol. The molecule has 0 unspecified atom stereocenters. The molecule has 1 aromatic heterocycles. The smallest absolute Gasteiger partial charge is 0.303 e. The van der Waals surface area contributed by atoms with Crippen LogP contribution < -0.4 is 4.74 Å². The van der Waals surface area contributed by atoms with Crippen LogP contribution in [0.3, 0.4) is 0 Å². The van der Waals surface area contributed by atoms with Gasteiger partial charge in [0, 0.05) is 29.4 Å². The summed E-state index contributed by atoms with van der Waals surface area (Å²) in [6, 6.07) is 13.8. The number of nitrogens with zero attached hydrogens (tertiary/aromatic N) is 2. The van der Waals surface area contributed by atoms with E-state index in [-0.39, 0.29) is 12.3 Å². The molecule has 0 radical (unpaired) electrons. The number of pyridine rings is 1. The number of rotatable bonds is 12. The monoisotopic (exact) mass is 560 g/mol. The van der Waals surface area contributed by atoms with Crippen LogP contribution in [0.25, 0.3) is 10.9 Å². The summed E-state index contributed by atoms with van der Waals surface area (Å²) in [7, 11) is 1.68. The molecule has 37 heavy (non-hydrogen) atoms. The molecular weight excluding hydrogens is 527 g/mol. The van der Waals surface area contributed by atoms with Crippen molar-refractivity contribution in [1.29, 1.82) is 0 Å². The predicted molar refractivity (Wildman–Crippen MR) is 153 cm³/mol. The fraction of sp³-hybridized carbons (Fsp3) is 0.448. The van der Waals surface area contributed by atoms with E-state index in [9.17, 15) is 9.90 Å². The van der Waals surface area contributed by atoms with Crippen LogP contribution in [0, 0.1) is 11.8 Å². The van der Waals surface area contributed by atoms with E-state index in [4.69, 9.17) is 27.9 Å². The van der Waals surface area contributed by atoms with Gasteiger partial charge < -0.3 is 14.7 Å². The van der Waals surface area contributed by atoms with Gasteiger partial charge in [-0.2, -0.15) is 0 Å². The van der Waals surface area contributed by atoms with E-state index in [1.54, 1.807) is 24.9 Å². The lowest BCUT2D eigenvalue weighted by Gasteiger charge is -2.38. The maximum absolute atomic E-state index is 11.6. The van der Waals surface area contributed by atoms with E-state index >= 15 is 0 Å². The van der Waals surface area contributed by atoms with Crippen molar-refractivity contribution in [2.75, 3.05) is 32.5 Å². The Hall–Kier alpha value is -1.99. The second-order valence-corrected chi connectivity index (χ2v) is 11.6. The van der Waals surface area contributed by atoms with E-state index in [2.05, 4.69) is 22.0 Å². The van der Waals surface area contributed by atoms with Crippen LogP contribution in [0.15, 0.2) is 53.6 Å². The van der Waals surface area contributed by atoms with Crippen molar-refractivity contribution in [2.45, 2.75) is 43.4 Å². The SMILES string of the molecule is COc1ccc2nccc(CCC[C@@H]3CCN(CCCSc4cccc(Cl)c4Cl)C[C@@H]3CC(=O)O)c2c1. The highest BCUT2D eigenvalue weighted by Gasteiger charge is 2.30. The number of benzene rings is 2. The maximum Gasteiger partial charge on any atom is 0.303 e. The molecule has 8 heteroatoms. The van der Waals surface area contributed by atoms with E-state index < -0.39 is 5.97 Å². The Balaban J connectivity index is 1.27. The highest BCUT2D eigenvalue weighted by molar-refractivity contribution is 7.99. The van der Waals surface area contributed by atoms with Crippen LogP contribution in [0.5, 0.6) is 5.75 Å². The van der Waals surface area contributed by atoms with Gasteiger partial charge in [-0.05, 0) is 105 Å². The topological polar surface area (TPSA) is 62.7 Å². The van der Waals surface area contributed by atoms with Gasteiger partial charge in [0.1, 0.15) is 5.75 Å². The molecule has 0 spiro atoms. The van der Waals surface area contributed by atoms with Gasteiger partial charge in [-0.25, -0.2) is 0 Å². The summed E-state index contributed by atoms with van der Waals surface area (Å²) in [6.07, 6.45) is 7.22. The van der Waals surface area contributed by atoms with Gasteiger partial charge in [-0.3, -0.25) is 9.78 Å². The average Bonchev–Trinajstić information content (AvgIpc) is 2.89. The van der Waals surface area contributed by atoms with Crippen LogP contribution in [0.1, 0.15) is 37.7 Å². The number of aliphatic carboxylic acids is 1. The molecule has 1 aliphatic rings. The third kappa shape index (κ3) is 7.76. The highest BCUT2D eigenvalue weighted by Crippen LogP contribution is 2.34. The van der Waals surface area contributed by atoms with E-state index in [1.807, 2.05) is 30.5 Å². The number of aromatic nitrogens is 1. The molecule has 0 aliphatic carbocycles. The van der Waals surface area contributed by atoms with Crippen LogP contribution in [0.2, 0.25) is 10.0 Å². The summed E-state index contributed by atoms with van der Waals surface area (Å²) < 4.78 is 5.40. The largest absolute Gasteiger partial charge is 0.497 e. The summed E-state index contributed by atoms with van der Waals surface area (Å²) in [5, 5.41) is 11.9. The number of hydrogen-bond donors (Lipinski definition) is 1. The Labute approximate surface area is 233 Å². The molecule has 5 nitrogen and oxygen atoms in total. The van der Waals surface area contributed by atoms with Crippen molar-refractivity contribution in [2.24, 2.45) is 11.8 Å². The zero-order chi connectivity index (χ0) is 26.2. The van der Waals surface area contributed by atoms with E-state index in [0.29, 0.717) is 16.0 Å². The second-order valence-electron chi connectivity index (χ2n) is 9.71. The Morgan fingerprint density at radius 2 is 2.05 bits per heavy atom. The second kappa shape index (κ2) is 13.7. The zero-order valence-corrected chi connectivity index (χ0v) is 23.5. The lowest BCUT2D eigenvalue weighted by molar-refractivity contribution is -0.139. The molecule has 1 fully saturated rings. The molecule has 2 atom stereocenters. The Morgan fingerprint density at radius 1 is 1.19 bits per heavy atom. The molecule has 198 valence electrons. The Kier molecular flexibility index (Phi) is 10.4. The standard InChI is InChI=1S/C29H34Cl2N2O3S/c1-36-23-9-10-26-24(18-23)21(11-13-32-26)6-2-5-20-12-15-33(19-22(20)17-28(34)35)14-4-16-37-27-8-3-7-25(30)29(27)31/h3,7-11,13,18,20,22H,2,4-6,12,14-17,19H2,1H3,(H,34,35)/t20-,22+/m1/s1. The summed E-state index contributed by atoms with van der Waals surface area (Å²) in [6.45, 7) is 2.85. The third-order valence-electron chi connectivity index (χ3n) is 7.26. The van der Waals surface area contributed by atoms with Gasteiger partial charge in [0.25, 0.3) is 0 Å². The fourth-order valence-corrected chi connectivity index (χ4v) is 6.77. The normalized spacial score (nSPS) is 18.2. The fourth-order valence-electron chi connectivity index (χ4n) is 5.34. The van der Waals surface area contributed by atoms with E-state index in [1.165, 1.54) is 5.56 Å². The van der Waals surface area contributed by atoms with Crippen molar-refractivity contribution in [3.8, 4) is 5.75 Å². The number of likely N-dealkylation sites (tertiary alicyclic amines) is 1. The lowest BCUT2D eigenvalue weighted by atomic mass is 9.80. The van der Waals surface area contributed by atoms with Gasteiger partial charge in [0.15, 0.2) is 0 Å². The van der Waals surface area contributed by atoms with Crippen molar-refractivity contribution < 1.29 is 14.6 Å². The first-order valence-corrected chi connectivity index (χ1v) is 14.6. The molecule has 2 aromatic carbocycles. The summed E-state index contributed by atoms with van der Waals surface area (Å²) in [5.41, 5.74) is 2.25. The first kappa shape index (κ1) is 28.0. The van der Waals surface area contributed by atoms with Gasteiger partial charge in [-0.1, -0.05) is 29.3 Å². The molecule has 1 N–H and O–H groups in total. The number of aryl methyl sites for hydroxylation is 1. The number of carbonyl (C=O) groups is 1. The molecule has 3 aromatic rings. The van der Waals surface area contributed by atoms with Crippen LogP contribution in [-0.2, 0) is 11.2 Å². The van der Waals surface area contributed by atoms with Gasteiger partial charge >= 0.3 is 5.97 Å². The lowest BCUT2D eigenvalue weighted by Crippen LogP contribution is -2.41. The number of piperidine rings is 1. The van der Waals surface area contributed by atoms with Gasteiger partial charge in [0.05, 0.1) is 22.7 Å². The number of thioether (sulfide) groups is 1. The number of halogens is 2. The van der Waals surface area contributed by atoms with Crippen molar-refractivity contribution in [1.82, 2.24) is 9.88 Å².